The minimum atomic E-state index is -0.446. The predicted molar refractivity (Wildman–Crippen MR) is 54.2 cm³/mol. The first-order valence-electron chi connectivity index (χ1n) is 4.14. The van der Waals surface area contributed by atoms with E-state index in [1.165, 1.54) is 5.06 Å². The molecule has 0 atom stereocenters. The maximum atomic E-state index is 9.76. The quantitative estimate of drug-likeness (QED) is 0.642. The minimum absolute atomic E-state index is 0. The number of aliphatic hydroxyl groups excluding tert-OH is 1. The Morgan fingerprint density at radius 3 is 1.92 bits per heavy atom. The van der Waals surface area contributed by atoms with E-state index < -0.39 is 5.54 Å². The molecule has 0 aliphatic carbocycles. The van der Waals surface area contributed by atoms with E-state index in [-0.39, 0.29) is 24.6 Å². The zero-order valence-corrected chi connectivity index (χ0v) is 9.35. The summed E-state index contributed by atoms with van der Waals surface area (Å²) in [6.45, 7) is 7.62. The van der Waals surface area contributed by atoms with E-state index >= 15 is 0 Å². The van der Waals surface area contributed by atoms with E-state index in [1.807, 2.05) is 33.8 Å². The highest BCUT2D eigenvalue weighted by Gasteiger charge is 2.44. The fourth-order valence-corrected chi connectivity index (χ4v) is 1.76. The zero-order valence-electron chi connectivity index (χ0n) is 8.53. The summed E-state index contributed by atoms with van der Waals surface area (Å²) in [5.41, 5.74) is 0.0507. The molecule has 1 rings (SSSR count). The summed E-state index contributed by atoms with van der Waals surface area (Å²) in [6.07, 6.45) is 1.91. The Kier molecular flexibility index (Phi) is 3.55. The number of nitrogens with zero attached hydrogens (tertiary/aromatic N) is 1. The van der Waals surface area contributed by atoms with Crippen molar-refractivity contribution in [2.24, 2.45) is 0 Å². The molecule has 0 unspecified atom stereocenters. The van der Waals surface area contributed by atoms with Crippen LogP contribution < -0.4 is 0 Å². The van der Waals surface area contributed by atoms with Crippen LogP contribution in [0.3, 0.4) is 0 Å². The molecule has 78 valence electrons. The van der Waals surface area contributed by atoms with Crippen molar-refractivity contribution >= 4 is 12.4 Å². The second-order valence-corrected chi connectivity index (χ2v) is 4.35. The van der Waals surface area contributed by atoms with E-state index in [4.69, 9.17) is 5.11 Å². The zero-order chi connectivity index (χ0) is 9.57. The molecule has 0 aromatic heterocycles. The van der Waals surface area contributed by atoms with Gasteiger partial charge in [0.15, 0.2) is 0 Å². The monoisotopic (exact) mass is 207 g/mol. The summed E-state index contributed by atoms with van der Waals surface area (Å²) >= 11 is 0. The van der Waals surface area contributed by atoms with Crippen molar-refractivity contribution in [3.8, 4) is 0 Å². The summed E-state index contributed by atoms with van der Waals surface area (Å²) in [7, 11) is 0. The third-order valence-corrected chi connectivity index (χ3v) is 2.56. The molecule has 0 fully saturated rings. The number of halogens is 1. The summed E-state index contributed by atoms with van der Waals surface area (Å²) in [5, 5.41) is 20.1. The summed E-state index contributed by atoms with van der Waals surface area (Å²) < 4.78 is 0. The third-order valence-electron chi connectivity index (χ3n) is 2.56. The van der Waals surface area contributed by atoms with Crippen molar-refractivity contribution in [1.29, 1.82) is 0 Å². The highest BCUT2D eigenvalue weighted by molar-refractivity contribution is 5.85. The van der Waals surface area contributed by atoms with E-state index in [9.17, 15) is 5.21 Å². The van der Waals surface area contributed by atoms with Crippen molar-refractivity contribution in [3.63, 3.8) is 0 Å². The molecule has 0 bridgehead atoms. The molecule has 4 heteroatoms. The van der Waals surface area contributed by atoms with E-state index in [0.29, 0.717) is 0 Å². The summed E-state index contributed by atoms with van der Waals surface area (Å²) in [5.74, 6) is 0. The minimum Gasteiger partial charge on any atom is -0.392 e. The second kappa shape index (κ2) is 3.58. The second-order valence-electron chi connectivity index (χ2n) is 4.35. The highest BCUT2D eigenvalue weighted by Crippen LogP contribution is 2.37. The van der Waals surface area contributed by atoms with Gasteiger partial charge in [0.2, 0.25) is 0 Å². The fraction of sp³-hybridized carbons (Fsp3) is 0.778. The first-order chi connectivity index (χ1) is 5.32. The van der Waals surface area contributed by atoms with Gasteiger partial charge in [0.25, 0.3) is 0 Å². The fourth-order valence-electron chi connectivity index (χ4n) is 1.76. The van der Waals surface area contributed by atoms with Crippen LogP contribution in [0.5, 0.6) is 0 Å². The molecular weight excluding hydrogens is 190 g/mol. The number of rotatable bonds is 1. The van der Waals surface area contributed by atoms with Crippen LogP contribution in [0.2, 0.25) is 0 Å². The number of hydrogen-bond donors (Lipinski definition) is 2. The molecule has 0 saturated heterocycles. The molecule has 0 amide bonds. The lowest BCUT2D eigenvalue weighted by atomic mass is 9.98. The van der Waals surface area contributed by atoms with Crippen molar-refractivity contribution in [1.82, 2.24) is 5.06 Å². The molecule has 3 nitrogen and oxygen atoms in total. The van der Waals surface area contributed by atoms with Gasteiger partial charge in [-0.2, -0.15) is 5.06 Å². The molecule has 0 saturated carbocycles. The average molecular weight is 208 g/mol. The van der Waals surface area contributed by atoms with E-state index in [2.05, 4.69) is 0 Å². The van der Waals surface area contributed by atoms with Gasteiger partial charge in [-0.3, -0.25) is 0 Å². The molecule has 0 aromatic carbocycles. The van der Waals surface area contributed by atoms with E-state index in [1.54, 1.807) is 0 Å². The van der Waals surface area contributed by atoms with Crippen LogP contribution in [0.4, 0.5) is 0 Å². The summed E-state index contributed by atoms with van der Waals surface area (Å²) in [6, 6.07) is 0. The lowest BCUT2D eigenvalue weighted by Crippen LogP contribution is -2.48. The van der Waals surface area contributed by atoms with Gasteiger partial charge >= 0.3 is 0 Å². The van der Waals surface area contributed by atoms with Gasteiger partial charge in [-0.25, -0.2) is 0 Å². The smallest absolute Gasteiger partial charge is 0.0660 e. The molecule has 1 heterocycles. The topological polar surface area (TPSA) is 43.7 Å². The SMILES string of the molecule is CC1(C)C=C(CO)C(C)(C)N1O.Cl. The van der Waals surface area contributed by atoms with E-state index in [0.717, 1.165) is 5.57 Å². The largest absolute Gasteiger partial charge is 0.392 e. The summed E-state index contributed by atoms with van der Waals surface area (Å²) in [4.78, 5) is 0. The lowest BCUT2D eigenvalue weighted by Gasteiger charge is -2.35. The molecular formula is C9H18ClNO2. The van der Waals surface area contributed by atoms with Crippen molar-refractivity contribution in [2.45, 2.75) is 38.8 Å². The normalized spacial score (nSPS) is 25.2. The maximum absolute atomic E-state index is 9.76. The lowest BCUT2D eigenvalue weighted by molar-refractivity contribution is -0.186. The Labute approximate surface area is 85.4 Å². The third kappa shape index (κ3) is 1.89. The van der Waals surface area contributed by atoms with Gasteiger partial charge < -0.3 is 10.3 Å². The number of hydroxylamine groups is 2. The van der Waals surface area contributed by atoms with Crippen LogP contribution in [0.15, 0.2) is 11.6 Å². The Bertz CT molecular complexity index is 224. The van der Waals surface area contributed by atoms with Crippen LogP contribution in [0.1, 0.15) is 27.7 Å². The van der Waals surface area contributed by atoms with Gasteiger partial charge in [-0.15, -0.1) is 12.4 Å². The molecule has 0 aromatic rings. The predicted octanol–water partition coefficient (Wildman–Crippen LogP) is 1.59. The Morgan fingerprint density at radius 1 is 1.31 bits per heavy atom. The maximum Gasteiger partial charge on any atom is 0.0660 e. The standard InChI is InChI=1S/C9H17NO2.ClH/c1-8(2)5-7(6-11)9(3,4)10(8)12;/h5,11-12H,6H2,1-4H3;1H. The van der Waals surface area contributed by atoms with Crippen molar-refractivity contribution < 1.29 is 10.3 Å². The molecule has 1 aliphatic rings. The average Bonchev–Trinajstić information content (AvgIpc) is 2.11. The molecule has 1 aliphatic heterocycles. The van der Waals surface area contributed by atoms with Crippen LogP contribution in [-0.4, -0.2) is 33.1 Å². The molecule has 2 N–H and O–H groups in total. The Hall–Kier alpha value is -0.0900. The van der Waals surface area contributed by atoms with Crippen molar-refractivity contribution in [3.05, 3.63) is 11.6 Å². The number of hydrogen-bond acceptors (Lipinski definition) is 3. The van der Waals surface area contributed by atoms with Gasteiger partial charge in [-0.05, 0) is 33.3 Å². The van der Waals surface area contributed by atoms with Gasteiger partial charge in [0, 0.05) is 0 Å². The first kappa shape index (κ1) is 12.9. The first-order valence-corrected chi connectivity index (χ1v) is 4.14. The van der Waals surface area contributed by atoms with Crippen LogP contribution in [0.25, 0.3) is 0 Å². The van der Waals surface area contributed by atoms with Crippen LogP contribution in [-0.2, 0) is 0 Å². The molecule has 13 heavy (non-hydrogen) atoms. The molecule has 0 spiro atoms. The van der Waals surface area contributed by atoms with Gasteiger partial charge in [0.1, 0.15) is 0 Å². The highest BCUT2D eigenvalue weighted by atomic mass is 35.5. The Morgan fingerprint density at radius 2 is 1.77 bits per heavy atom. The van der Waals surface area contributed by atoms with Crippen LogP contribution in [0, 0.1) is 0 Å². The number of aliphatic hydroxyl groups is 1. The molecule has 0 radical (unpaired) electrons. The van der Waals surface area contributed by atoms with Crippen molar-refractivity contribution in [2.75, 3.05) is 6.61 Å². The van der Waals surface area contributed by atoms with Gasteiger partial charge in [0.05, 0.1) is 17.7 Å². The van der Waals surface area contributed by atoms with Gasteiger partial charge in [-0.1, -0.05) is 6.08 Å². The van der Waals surface area contributed by atoms with Crippen LogP contribution >= 0.6 is 12.4 Å². The Balaban J connectivity index is 0.00000144.